The average molecular weight is 328 g/mol. The first-order valence-electron chi connectivity index (χ1n) is 8.36. The van der Waals surface area contributed by atoms with Crippen molar-refractivity contribution in [2.45, 2.75) is 13.8 Å². The molecule has 6 nitrogen and oxygen atoms in total. The number of anilines is 1. The quantitative estimate of drug-likeness (QED) is 0.862. The largest absolute Gasteiger partial charge is 0.478 e. The van der Waals surface area contributed by atoms with Gasteiger partial charge in [0, 0.05) is 45.5 Å². The zero-order chi connectivity index (χ0) is 17.1. The van der Waals surface area contributed by atoms with Crippen molar-refractivity contribution >= 4 is 11.7 Å². The number of ether oxygens (including phenoxy) is 1. The van der Waals surface area contributed by atoms with Crippen LogP contribution in [0.25, 0.3) is 0 Å². The Kier molecular flexibility index (Phi) is 4.74. The molecule has 128 valence electrons. The zero-order valence-corrected chi connectivity index (χ0v) is 14.5. The molecule has 0 N–H and O–H groups in total. The summed E-state index contributed by atoms with van der Waals surface area (Å²) in [4.78, 5) is 21.4. The van der Waals surface area contributed by atoms with Crippen molar-refractivity contribution in [1.29, 1.82) is 0 Å². The van der Waals surface area contributed by atoms with Gasteiger partial charge in [-0.05, 0) is 31.5 Å². The van der Waals surface area contributed by atoms with E-state index in [1.165, 1.54) is 0 Å². The first-order chi connectivity index (χ1) is 11.6. The van der Waals surface area contributed by atoms with Gasteiger partial charge in [-0.1, -0.05) is 6.07 Å². The van der Waals surface area contributed by atoms with E-state index in [1.807, 2.05) is 60.8 Å². The summed E-state index contributed by atoms with van der Waals surface area (Å²) in [7, 11) is 1.92. The van der Waals surface area contributed by atoms with Crippen LogP contribution in [0, 0.1) is 6.92 Å². The monoisotopic (exact) mass is 328 g/mol. The minimum absolute atomic E-state index is 0.107. The van der Waals surface area contributed by atoms with E-state index >= 15 is 0 Å². The molecule has 1 amide bonds. The third-order valence-corrected chi connectivity index (χ3v) is 4.37. The molecule has 0 radical (unpaired) electrons. The molecule has 0 atom stereocenters. The molecule has 0 spiro atoms. The van der Waals surface area contributed by atoms with Crippen molar-refractivity contribution in [1.82, 2.24) is 14.5 Å². The Labute approximate surface area is 142 Å². The van der Waals surface area contributed by atoms with Crippen LogP contribution in [0.5, 0.6) is 5.88 Å². The zero-order valence-electron chi connectivity index (χ0n) is 14.5. The summed E-state index contributed by atoms with van der Waals surface area (Å²) in [5, 5.41) is 0. The maximum Gasteiger partial charge on any atom is 0.270 e. The molecule has 6 heteroatoms. The summed E-state index contributed by atoms with van der Waals surface area (Å²) in [6, 6.07) is 7.79. The summed E-state index contributed by atoms with van der Waals surface area (Å²) in [6.45, 7) is 7.48. The van der Waals surface area contributed by atoms with Crippen molar-refractivity contribution in [2.75, 3.05) is 37.7 Å². The second-order valence-corrected chi connectivity index (χ2v) is 6.00. The minimum Gasteiger partial charge on any atom is -0.478 e. The number of pyridine rings is 1. The van der Waals surface area contributed by atoms with Crippen LogP contribution in [0.2, 0.25) is 0 Å². The van der Waals surface area contributed by atoms with Gasteiger partial charge in [-0.15, -0.1) is 0 Å². The molecule has 0 aromatic carbocycles. The fourth-order valence-corrected chi connectivity index (χ4v) is 3.07. The van der Waals surface area contributed by atoms with Crippen LogP contribution in [0.15, 0.2) is 30.5 Å². The van der Waals surface area contributed by atoms with Gasteiger partial charge in [0.15, 0.2) is 0 Å². The van der Waals surface area contributed by atoms with E-state index in [0.717, 1.165) is 30.2 Å². The van der Waals surface area contributed by atoms with Crippen LogP contribution < -0.4 is 9.64 Å². The third kappa shape index (κ3) is 3.22. The van der Waals surface area contributed by atoms with Crippen LogP contribution >= 0.6 is 0 Å². The van der Waals surface area contributed by atoms with Crippen LogP contribution in [0.4, 0.5) is 5.82 Å². The van der Waals surface area contributed by atoms with Gasteiger partial charge in [0.05, 0.1) is 6.61 Å². The summed E-state index contributed by atoms with van der Waals surface area (Å²) in [6.07, 6.45) is 1.93. The number of aryl methyl sites for hydroxylation is 2. The molecule has 3 rings (SSSR count). The molecule has 1 saturated heterocycles. The van der Waals surface area contributed by atoms with Crippen LogP contribution in [-0.2, 0) is 7.05 Å². The molecule has 2 aromatic rings. The highest BCUT2D eigenvalue weighted by molar-refractivity contribution is 5.94. The standard InChI is InChI=1S/C18H24N4O2/c1-4-24-16-7-5-6-15(19-16)21-10-12-22(13-11-21)18(23)17-14(2)8-9-20(17)3/h5-9H,4,10-13H2,1-3H3. The van der Waals surface area contributed by atoms with Crippen molar-refractivity contribution in [2.24, 2.45) is 7.05 Å². The maximum atomic E-state index is 12.7. The molecule has 2 aromatic heterocycles. The van der Waals surface area contributed by atoms with Gasteiger partial charge >= 0.3 is 0 Å². The maximum absolute atomic E-state index is 12.7. The topological polar surface area (TPSA) is 50.6 Å². The van der Waals surface area contributed by atoms with Gasteiger partial charge in [-0.3, -0.25) is 4.79 Å². The molecule has 0 aliphatic carbocycles. The van der Waals surface area contributed by atoms with Crippen molar-refractivity contribution in [3.8, 4) is 5.88 Å². The average Bonchev–Trinajstić information content (AvgIpc) is 2.94. The van der Waals surface area contributed by atoms with E-state index in [-0.39, 0.29) is 5.91 Å². The number of carbonyl (C=O) groups is 1. The lowest BCUT2D eigenvalue weighted by molar-refractivity contribution is 0.0736. The summed E-state index contributed by atoms with van der Waals surface area (Å²) >= 11 is 0. The van der Waals surface area contributed by atoms with Crippen LogP contribution in [-0.4, -0.2) is 53.1 Å². The van der Waals surface area contributed by atoms with E-state index < -0.39 is 0 Å². The second kappa shape index (κ2) is 6.95. The highest BCUT2D eigenvalue weighted by Crippen LogP contribution is 2.19. The Morgan fingerprint density at radius 2 is 1.96 bits per heavy atom. The lowest BCUT2D eigenvalue weighted by Crippen LogP contribution is -2.49. The SMILES string of the molecule is CCOc1cccc(N2CCN(C(=O)c3c(C)ccn3C)CC2)n1. The highest BCUT2D eigenvalue weighted by atomic mass is 16.5. The van der Waals surface area contributed by atoms with Crippen molar-refractivity contribution < 1.29 is 9.53 Å². The Balaban J connectivity index is 1.65. The molecule has 0 saturated carbocycles. The molecule has 1 aliphatic rings. The molecule has 0 bridgehead atoms. The number of aromatic nitrogens is 2. The predicted molar refractivity (Wildman–Crippen MR) is 93.7 cm³/mol. The lowest BCUT2D eigenvalue weighted by atomic mass is 10.2. The van der Waals surface area contributed by atoms with E-state index in [9.17, 15) is 4.79 Å². The second-order valence-electron chi connectivity index (χ2n) is 6.00. The Hall–Kier alpha value is -2.50. The van der Waals surface area contributed by atoms with Gasteiger partial charge in [-0.2, -0.15) is 4.98 Å². The fourth-order valence-electron chi connectivity index (χ4n) is 3.07. The molecule has 3 heterocycles. The normalized spacial score (nSPS) is 14.8. The van der Waals surface area contributed by atoms with E-state index in [0.29, 0.717) is 25.6 Å². The first-order valence-corrected chi connectivity index (χ1v) is 8.36. The number of nitrogens with zero attached hydrogens (tertiary/aromatic N) is 4. The first kappa shape index (κ1) is 16.4. The molecular weight excluding hydrogens is 304 g/mol. The Morgan fingerprint density at radius 1 is 1.21 bits per heavy atom. The van der Waals surface area contributed by atoms with E-state index in [1.54, 1.807) is 0 Å². The number of carbonyl (C=O) groups excluding carboxylic acids is 1. The van der Waals surface area contributed by atoms with Crippen LogP contribution in [0.1, 0.15) is 23.0 Å². The lowest BCUT2D eigenvalue weighted by Gasteiger charge is -2.35. The number of rotatable bonds is 4. The molecule has 1 fully saturated rings. The predicted octanol–water partition coefficient (Wildman–Crippen LogP) is 2.09. The van der Waals surface area contributed by atoms with Crippen LogP contribution in [0.3, 0.4) is 0 Å². The smallest absolute Gasteiger partial charge is 0.270 e. The number of piperazine rings is 1. The number of amides is 1. The molecule has 0 unspecified atom stereocenters. The van der Waals surface area contributed by atoms with Crippen molar-refractivity contribution in [3.05, 3.63) is 41.7 Å². The Morgan fingerprint density at radius 3 is 2.58 bits per heavy atom. The van der Waals surface area contributed by atoms with Gasteiger partial charge in [0.1, 0.15) is 11.5 Å². The molecule has 24 heavy (non-hydrogen) atoms. The number of hydrogen-bond donors (Lipinski definition) is 0. The highest BCUT2D eigenvalue weighted by Gasteiger charge is 2.25. The summed E-state index contributed by atoms with van der Waals surface area (Å²) in [5.74, 6) is 1.66. The minimum atomic E-state index is 0.107. The van der Waals surface area contributed by atoms with Gasteiger partial charge in [0.2, 0.25) is 5.88 Å². The third-order valence-electron chi connectivity index (χ3n) is 4.37. The number of hydrogen-bond acceptors (Lipinski definition) is 4. The van der Waals surface area contributed by atoms with Gasteiger partial charge in [0.25, 0.3) is 5.91 Å². The Bertz CT molecular complexity index is 698. The van der Waals surface area contributed by atoms with Gasteiger partial charge < -0.3 is 19.1 Å². The summed E-state index contributed by atoms with van der Waals surface area (Å²) < 4.78 is 7.37. The summed E-state index contributed by atoms with van der Waals surface area (Å²) in [5.41, 5.74) is 1.80. The molecular formula is C18H24N4O2. The molecule has 1 aliphatic heterocycles. The van der Waals surface area contributed by atoms with Gasteiger partial charge in [-0.25, -0.2) is 0 Å². The van der Waals surface area contributed by atoms with Crippen molar-refractivity contribution in [3.63, 3.8) is 0 Å². The van der Waals surface area contributed by atoms with E-state index in [4.69, 9.17) is 4.74 Å². The fraction of sp³-hybridized carbons (Fsp3) is 0.444. The van der Waals surface area contributed by atoms with E-state index in [2.05, 4.69) is 9.88 Å².